The minimum Gasteiger partial charge on any atom is -0.443 e. The van der Waals surface area contributed by atoms with Gasteiger partial charge >= 0.3 is 6.18 Å². The second-order valence-electron chi connectivity index (χ2n) is 8.75. The summed E-state index contributed by atoms with van der Waals surface area (Å²) in [6.45, 7) is 0.131. The molecule has 3 aromatic heterocycles. The van der Waals surface area contributed by atoms with Crippen LogP contribution in [0.4, 0.5) is 17.6 Å². The molecule has 13 heteroatoms. The van der Waals surface area contributed by atoms with Crippen molar-refractivity contribution in [3.05, 3.63) is 78.1 Å². The number of carbonyl (C=O) groups excluding carboxylic acids is 1. The number of benzene rings is 1. The van der Waals surface area contributed by atoms with Gasteiger partial charge in [-0.1, -0.05) is 6.07 Å². The Morgan fingerprint density at radius 2 is 1.89 bits per heavy atom. The Balaban J connectivity index is 1.28. The number of hydrogen-bond acceptors (Lipinski definition) is 6. The molecule has 1 aliphatic rings. The van der Waals surface area contributed by atoms with Crippen molar-refractivity contribution in [1.29, 1.82) is 0 Å². The van der Waals surface area contributed by atoms with Crippen molar-refractivity contribution in [2.75, 3.05) is 6.54 Å². The number of nitrogens with one attached hydrogen (secondary N) is 1. The van der Waals surface area contributed by atoms with Crippen LogP contribution in [-0.4, -0.2) is 41.2 Å². The highest BCUT2D eigenvalue weighted by molar-refractivity contribution is 7.89. The van der Waals surface area contributed by atoms with Crippen LogP contribution < -0.4 is 5.32 Å². The van der Waals surface area contributed by atoms with Gasteiger partial charge in [0.2, 0.25) is 11.0 Å². The lowest BCUT2D eigenvalue weighted by molar-refractivity contribution is -0.141. The number of halogens is 4. The highest BCUT2D eigenvalue weighted by Crippen LogP contribution is 2.31. The van der Waals surface area contributed by atoms with Crippen LogP contribution in [0, 0.1) is 5.82 Å². The lowest BCUT2D eigenvalue weighted by Gasteiger charge is -2.22. The third kappa shape index (κ3) is 5.11. The Kier molecular flexibility index (Phi) is 6.65. The van der Waals surface area contributed by atoms with Gasteiger partial charge in [0.25, 0.3) is 10.0 Å². The van der Waals surface area contributed by atoms with Crippen LogP contribution in [0.1, 0.15) is 24.1 Å². The van der Waals surface area contributed by atoms with Crippen molar-refractivity contribution in [3.63, 3.8) is 0 Å². The number of rotatable bonds is 6. The molecule has 1 atom stereocenters. The molecule has 8 nitrogen and oxygen atoms in total. The van der Waals surface area contributed by atoms with Crippen molar-refractivity contribution in [3.8, 4) is 11.1 Å². The van der Waals surface area contributed by atoms with Gasteiger partial charge in [0.1, 0.15) is 23.1 Å². The molecule has 1 N–H and O–H groups in total. The summed E-state index contributed by atoms with van der Waals surface area (Å²) in [5, 5.41) is 2.62. The van der Waals surface area contributed by atoms with Crippen molar-refractivity contribution >= 4 is 26.9 Å². The van der Waals surface area contributed by atoms with Crippen LogP contribution in [0.25, 0.3) is 22.1 Å². The van der Waals surface area contributed by atoms with Gasteiger partial charge in [0.05, 0.1) is 0 Å². The van der Waals surface area contributed by atoms with E-state index in [1.165, 1.54) is 30.6 Å². The number of amides is 1. The maximum Gasteiger partial charge on any atom is 0.433 e. The summed E-state index contributed by atoms with van der Waals surface area (Å²) in [7, 11) is -4.16. The predicted molar refractivity (Wildman–Crippen MR) is 127 cm³/mol. The second kappa shape index (κ2) is 9.80. The summed E-state index contributed by atoms with van der Waals surface area (Å²) >= 11 is 0. The van der Waals surface area contributed by atoms with Gasteiger partial charge in [-0.05, 0) is 48.7 Å². The number of pyridine rings is 2. The first-order valence-electron chi connectivity index (χ1n) is 11.5. The lowest BCUT2D eigenvalue weighted by atomic mass is 10.1. The maximum atomic E-state index is 13.5. The number of nitrogens with zero attached hydrogens (tertiary/aromatic N) is 3. The maximum absolute atomic E-state index is 13.5. The summed E-state index contributed by atoms with van der Waals surface area (Å²) in [6, 6.07) is 7.71. The zero-order valence-corrected chi connectivity index (χ0v) is 20.4. The summed E-state index contributed by atoms with van der Waals surface area (Å²) in [5.74, 6) is -1.05. The zero-order valence-electron chi connectivity index (χ0n) is 19.6. The van der Waals surface area contributed by atoms with E-state index < -0.39 is 39.7 Å². The quantitative estimate of drug-likeness (QED) is 0.356. The molecule has 0 saturated carbocycles. The molecule has 4 heterocycles. The van der Waals surface area contributed by atoms with Crippen molar-refractivity contribution in [2.24, 2.45) is 0 Å². The van der Waals surface area contributed by atoms with Crippen LogP contribution in [-0.2, 0) is 27.5 Å². The predicted octanol–water partition coefficient (Wildman–Crippen LogP) is 4.52. The molecule has 1 aliphatic heterocycles. The number of alkyl halides is 3. The zero-order chi connectivity index (χ0) is 27.1. The van der Waals surface area contributed by atoms with Gasteiger partial charge in [-0.25, -0.2) is 12.8 Å². The van der Waals surface area contributed by atoms with Crippen molar-refractivity contribution < 1.29 is 35.2 Å². The molecule has 4 aromatic rings. The number of furan rings is 1. The van der Waals surface area contributed by atoms with E-state index in [1.807, 2.05) is 0 Å². The Morgan fingerprint density at radius 3 is 2.63 bits per heavy atom. The molecule has 1 amide bonds. The summed E-state index contributed by atoms with van der Waals surface area (Å²) in [4.78, 5) is 20.5. The molecule has 0 spiro atoms. The van der Waals surface area contributed by atoms with E-state index in [2.05, 4.69) is 15.3 Å². The minimum atomic E-state index is -4.55. The number of aromatic nitrogens is 2. The first-order valence-corrected chi connectivity index (χ1v) is 12.9. The topological polar surface area (TPSA) is 105 Å². The first-order chi connectivity index (χ1) is 18.0. The highest BCUT2D eigenvalue weighted by atomic mass is 32.2. The molecule has 0 unspecified atom stereocenters. The van der Waals surface area contributed by atoms with Crippen LogP contribution in [0.15, 0.2) is 70.6 Å². The van der Waals surface area contributed by atoms with E-state index in [0.717, 1.165) is 28.7 Å². The Hall–Kier alpha value is -3.84. The molecule has 198 valence electrons. The molecular weight excluding hydrogens is 528 g/mol. The number of fused-ring (bicyclic) bond motifs is 1. The molecular formula is C25H20F4N4O4S. The molecule has 1 fully saturated rings. The lowest BCUT2D eigenvalue weighted by Crippen LogP contribution is -2.45. The minimum absolute atomic E-state index is 0.0159. The number of carbonyl (C=O) groups is 1. The third-order valence-corrected chi connectivity index (χ3v) is 7.94. The van der Waals surface area contributed by atoms with E-state index in [9.17, 15) is 30.8 Å². The molecule has 38 heavy (non-hydrogen) atoms. The first kappa shape index (κ1) is 25.8. The molecule has 0 aliphatic carbocycles. The van der Waals surface area contributed by atoms with E-state index >= 15 is 0 Å². The van der Waals surface area contributed by atoms with Gasteiger partial charge in [-0.15, -0.1) is 0 Å². The molecule has 5 rings (SSSR count). The van der Waals surface area contributed by atoms with E-state index in [-0.39, 0.29) is 23.8 Å². The average molecular weight is 549 g/mol. The van der Waals surface area contributed by atoms with Crippen LogP contribution >= 0.6 is 0 Å². The van der Waals surface area contributed by atoms with Crippen LogP contribution in [0.3, 0.4) is 0 Å². The van der Waals surface area contributed by atoms with Gasteiger partial charge < -0.3 is 9.73 Å². The van der Waals surface area contributed by atoms with Crippen LogP contribution in [0.2, 0.25) is 0 Å². The smallest absolute Gasteiger partial charge is 0.433 e. The monoisotopic (exact) mass is 548 g/mol. The van der Waals surface area contributed by atoms with E-state index in [1.54, 1.807) is 6.07 Å². The van der Waals surface area contributed by atoms with Gasteiger partial charge in [-0.3, -0.25) is 14.8 Å². The molecule has 0 bridgehead atoms. The number of sulfonamides is 1. The summed E-state index contributed by atoms with van der Waals surface area (Å²) < 4.78 is 84.8. The van der Waals surface area contributed by atoms with E-state index in [0.29, 0.717) is 34.9 Å². The van der Waals surface area contributed by atoms with E-state index in [4.69, 9.17) is 4.42 Å². The Morgan fingerprint density at radius 1 is 1.08 bits per heavy atom. The fourth-order valence-electron chi connectivity index (χ4n) is 4.30. The molecule has 1 aromatic carbocycles. The standard InChI is InChI=1S/C25H20F4N4O4S/c26-19-4-5-21-17(9-19)10-23(37-21)38(35,36)33-7-1-2-20(33)24(34)32-12-15-8-18(13-30-11-15)16-3-6-22(31-14-16)25(27,28)29/h3-6,8-11,13-14,20H,1-2,7,12H2,(H,32,34)/t20-/m0/s1. The SMILES string of the molecule is O=C(NCc1cncc(-c2ccc(C(F)(F)F)nc2)c1)[C@@H]1CCCN1S(=O)(=O)c1cc2cc(F)ccc2o1. The molecule has 0 radical (unpaired) electrons. The largest absolute Gasteiger partial charge is 0.443 e. The third-order valence-electron chi connectivity index (χ3n) is 6.17. The molecule has 1 saturated heterocycles. The normalized spacial score (nSPS) is 16.7. The van der Waals surface area contributed by atoms with Gasteiger partial charge in [-0.2, -0.15) is 17.5 Å². The van der Waals surface area contributed by atoms with Crippen LogP contribution in [0.5, 0.6) is 0 Å². The highest BCUT2D eigenvalue weighted by Gasteiger charge is 2.41. The van der Waals surface area contributed by atoms with Gasteiger partial charge in [0.15, 0.2) is 0 Å². The summed E-state index contributed by atoms with van der Waals surface area (Å²) in [6.07, 6.45) is 0.250. The average Bonchev–Trinajstić information content (AvgIpc) is 3.55. The van der Waals surface area contributed by atoms with Crippen molar-refractivity contribution in [1.82, 2.24) is 19.6 Å². The van der Waals surface area contributed by atoms with Crippen molar-refractivity contribution in [2.45, 2.75) is 36.7 Å². The Labute approximate surface area is 214 Å². The number of hydrogen-bond donors (Lipinski definition) is 1. The fourth-order valence-corrected chi connectivity index (χ4v) is 5.91. The van der Waals surface area contributed by atoms with Gasteiger partial charge in [0, 0.05) is 54.3 Å². The second-order valence-corrected chi connectivity index (χ2v) is 10.6. The fraction of sp³-hybridized carbons (Fsp3) is 0.240. The summed E-state index contributed by atoms with van der Waals surface area (Å²) in [5.41, 5.74) is 0.675. The Bertz CT molecular complexity index is 1600.